The lowest BCUT2D eigenvalue weighted by atomic mass is 10.1. The molecular formula is C12H12ClN5O3. The van der Waals surface area contributed by atoms with Gasteiger partial charge in [-0.2, -0.15) is 4.98 Å². The van der Waals surface area contributed by atoms with Gasteiger partial charge in [0, 0.05) is 5.02 Å². The third-order valence-corrected chi connectivity index (χ3v) is 3.33. The van der Waals surface area contributed by atoms with Crippen LogP contribution in [0.1, 0.15) is 11.1 Å². The number of rotatable bonds is 4. The van der Waals surface area contributed by atoms with E-state index in [0.717, 1.165) is 17.5 Å². The minimum atomic E-state index is -0.667. The number of nitrogens with zero attached hydrogens (tertiary/aromatic N) is 3. The van der Waals surface area contributed by atoms with Crippen molar-refractivity contribution in [2.45, 2.75) is 13.8 Å². The van der Waals surface area contributed by atoms with Crippen LogP contribution in [0.5, 0.6) is 11.6 Å². The van der Waals surface area contributed by atoms with Crippen molar-refractivity contribution in [3.05, 3.63) is 44.7 Å². The first-order chi connectivity index (χ1) is 9.93. The first kappa shape index (κ1) is 14.9. The Morgan fingerprint density at radius 3 is 2.48 bits per heavy atom. The van der Waals surface area contributed by atoms with Crippen LogP contribution in [-0.4, -0.2) is 14.9 Å². The molecule has 0 unspecified atom stereocenters. The van der Waals surface area contributed by atoms with Crippen LogP contribution < -0.4 is 16.0 Å². The van der Waals surface area contributed by atoms with Crippen molar-refractivity contribution in [3.63, 3.8) is 0 Å². The van der Waals surface area contributed by atoms with Gasteiger partial charge in [-0.1, -0.05) is 11.6 Å². The van der Waals surface area contributed by atoms with Crippen molar-refractivity contribution in [2.75, 3.05) is 5.43 Å². The molecule has 0 atom stereocenters. The maximum absolute atomic E-state index is 11.1. The number of nitro groups is 1. The maximum atomic E-state index is 11.1. The molecule has 1 aromatic carbocycles. The fourth-order valence-electron chi connectivity index (χ4n) is 1.78. The van der Waals surface area contributed by atoms with E-state index in [4.69, 9.17) is 22.2 Å². The quantitative estimate of drug-likeness (QED) is 0.506. The lowest BCUT2D eigenvalue weighted by Crippen LogP contribution is -2.12. The van der Waals surface area contributed by atoms with Gasteiger partial charge in [0.05, 0.1) is 4.92 Å². The zero-order valence-corrected chi connectivity index (χ0v) is 12.0. The topological polar surface area (TPSA) is 116 Å². The van der Waals surface area contributed by atoms with Crippen molar-refractivity contribution in [1.82, 2.24) is 9.97 Å². The number of hydrogen-bond acceptors (Lipinski definition) is 7. The summed E-state index contributed by atoms with van der Waals surface area (Å²) >= 11 is 6.07. The third kappa shape index (κ3) is 3.01. The van der Waals surface area contributed by atoms with Gasteiger partial charge < -0.3 is 10.2 Å². The Hall–Kier alpha value is -2.45. The number of benzene rings is 1. The van der Waals surface area contributed by atoms with Crippen molar-refractivity contribution in [2.24, 2.45) is 5.84 Å². The molecule has 0 aliphatic rings. The number of anilines is 1. The molecule has 0 spiro atoms. The Labute approximate surface area is 125 Å². The molecule has 110 valence electrons. The second-order valence-corrected chi connectivity index (χ2v) is 4.63. The minimum absolute atomic E-state index is 0.132. The molecule has 0 amide bonds. The van der Waals surface area contributed by atoms with E-state index in [0.29, 0.717) is 10.8 Å². The number of hydrogen-bond donors (Lipinski definition) is 2. The highest BCUT2D eigenvalue weighted by Crippen LogP contribution is 2.35. The van der Waals surface area contributed by atoms with Crippen molar-refractivity contribution < 1.29 is 9.66 Å². The molecule has 0 saturated carbocycles. The molecule has 0 aliphatic carbocycles. The van der Waals surface area contributed by atoms with Crippen molar-refractivity contribution in [1.29, 1.82) is 0 Å². The summed E-state index contributed by atoms with van der Waals surface area (Å²) in [6, 6.07) is 3.33. The zero-order valence-electron chi connectivity index (χ0n) is 11.3. The Morgan fingerprint density at radius 1 is 1.33 bits per heavy atom. The Kier molecular flexibility index (Phi) is 4.20. The molecule has 0 bridgehead atoms. The Morgan fingerprint density at radius 2 is 1.95 bits per heavy atom. The van der Waals surface area contributed by atoms with Crippen LogP contribution in [0.25, 0.3) is 0 Å². The number of nitrogens with one attached hydrogen (secondary N) is 1. The molecule has 1 heterocycles. The minimum Gasteiger partial charge on any atom is -0.434 e. The number of ether oxygens (including phenoxy) is 1. The number of nitrogens with two attached hydrogens (primary N) is 1. The molecule has 0 saturated heterocycles. The normalized spacial score (nSPS) is 10.3. The van der Waals surface area contributed by atoms with Crippen molar-refractivity contribution >= 4 is 23.1 Å². The lowest BCUT2D eigenvalue weighted by molar-refractivity contribution is -0.385. The number of hydrazine groups is 1. The van der Waals surface area contributed by atoms with Crippen LogP contribution in [0.15, 0.2) is 18.5 Å². The largest absolute Gasteiger partial charge is 0.434 e. The summed E-state index contributed by atoms with van der Waals surface area (Å²) in [4.78, 5) is 17.9. The van der Waals surface area contributed by atoms with Gasteiger partial charge in [0.1, 0.15) is 12.1 Å². The monoisotopic (exact) mass is 309 g/mol. The maximum Gasteiger partial charge on any atom is 0.374 e. The predicted octanol–water partition coefficient (Wildman–Crippen LogP) is 2.73. The van der Waals surface area contributed by atoms with Gasteiger partial charge in [-0.15, -0.1) is 0 Å². The highest BCUT2D eigenvalue weighted by molar-refractivity contribution is 6.32. The van der Waals surface area contributed by atoms with Crippen LogP contribution in [0.2, 0.25) is 5.02 Å². The summed E-state index contributed by atoms with van der Waals surface area (Å²) in [6.07, 6.45) is 1.12. The predicted molar refractivity (Wildman–Crippen MR) is 77.5 cm³/mol. The summed E-state index contributed by atoms with van der Waals surface area (Å²) in [5.41, 5.74) is 3.29. The Balaban J connectivity index is 2.47. The highest BCUT2D eigenvalue weighted by Gasteiger charge is 2.24. The molecule has 0 fully saturated rings. The number of aryl methyl sites for hydroxylation is 2. The van der Waals surface area contributed by atoms with E-state index >= 15 is 0 Å². The fourth-order valence-corrected chi connectivity index (χ4v) is 1.89. The van der Waals surface area contributed by atoms with E-state index < -0.39 is 10.6 Å². The molecule has 8 nitrogen and oxygen atoms in total. The molecule has 2 aromatic rings. The lowest BCUT2D eigenvalue weighted by Gasteiger charge is -2.10. The van der Waals surface area contributed by atoms with Crippen LogP contribution in [0, 0.1) is 24.0 Å². The summed E-state index contributed by atoms with van der Waals surface area (Å²) < 4.78 is 5.48. The smallest absolute Gasteiger partial charge is 0.374 e. The zero-order chi connectivity index (χ0) is 15.6. The molecule has 21 heavy (non-hydrogen) atoms. The van der Waals surface area contributed by atoms with E-state index in [1.54, 1.807) is 12.1 Å². The summed E-state index contributed by atoms with van der Waals surface area (Å²) in [7, 11) is 0. The second kappa shape index (κ2) is 5.90. The van der Waals surface area contributed by atoms with E-state index in [1.165, 1.54) is 0 Å². The molecule has 0 aliphatic heterocycles. The number of nitrogen functional groups attached to an aromatic ring is 1. The van der Waals surface area contributed by atoms with Gasteiger partial charge in [0.25, 0.3) is 0 Å². The van der Waals surface area contributed by atoms with E-state index in [1.807, 2.05) is 13.8 Å². The SMILES string of the molecule is Cc1cc(Oc2ncnc(NN)c2[N+](=O)[O-])cc(C)c1Cl. The van der Waals surface area contributed by atoms with Crippen molar-refractivity contribution in [3.8, 4) is 11.6 Å². The first-order valence-corrected chi connectivity index (χ1v) is 6.22. The van der Waals surface area contributed by atoms with E-state index in [-0.39, 0.29) is 11.7 Å². The second-order valence-electron chi connectivity index (χ2n) is 4.25. The standard InChI is InChI=1S/C12H12ClN5O3/c1-6-3-8(4-7(2)9(6)13)21-12-10(18(19)20)11(17-14)15-5-16-12/h3-5H,14H2,1-2H3,(H,15,16,17). The van der Waals surface area contributed by atoms with Gasteiger partial charge in [0.2, 0.25) is 5.82 Å². The molecule has 9 heteroatoms. The van der Waals surface area contributed by atoms with E-state index in [2.05, 4.69) is 15.4 Å². The molecule has 3 N–H and O–H groups in total. The van der Waals surface area contributed by atoms with E-state index in [9.17, 15) is 10.1 Å². The van der Waals surface area contributed by atoms with Crippen LogP contribution in [0.3, 0.4) is 0 Å². The molecule has 0 radical (unpaired) electrons. The number of halogens is 1. The highest BCUT2D eigenvalue weighted by atomic mass is 35.5. The first-order valence-electron chi connectivity index (χ1n) is 5.84. The summed E-state index contributed by atoms with van der Waals surface area (Å²) in [5, 5.41) is 11.7. The number of aromatic nitrogens is 2. The van der Waals surface area contributed by atoms with Gasteiger partial charge >= 0.3 is 11.6 Å². The summed E-state index contributed by atoms with van der Waals surface area (Å²) in [5.74, 6) is 5.25. The Bertz CT molecular complexity index is 684. The average molecular weight is 310 g/mol. The van der Waals surface area contributed by atoms with Crippen LogP contribution in [-0.2, 0) is 0 Å². The van der Waals surface area contributed by atoms with Gasteiger partial charge in [-0.25, -0.2) is 10.8 Å². The van der Waals surface area contributed by atoms with Crippen LogP contribution >= 0.6 is 11.6 Å². The van der Waals surface area contributed by atoms with Gasteiger partial charge in [0.15, 0.2) is 0 Å². The van der Waals surface area contributed by atoms with Crippen LogP contribution in [0.4, 0.5) is 11.5 Å². The van der Waals surface area contributed by atoms with Gasteiger partial charge in [-0.3, -0.25) is 10.1 Å². The molecular weight excluding hydrogens is 298 g/mol. The summed E-state index contributed by atoms with van der Waals surface area (Å²) in [6.45, 7) is 3.62. The molecule has 2 rings (SSSR count). The van der Waals surface area contributed by atoms with Gasteiger partial charge in [-0.05, 0) is 37.1 Å². The fraction of sp³-hybridized carbons (Fsp3) is 0.167. The third-order valence-electron chi connectivity index (χ3n) is 2.73. The average Bonchev–Trinajstić information content (AvgIpc) is 2.44. The molecule has 1 aromatic heterocycles.